The maximum atomic E-state index is 12.7. The lowest BCUT2D eigenvalue weighted by molar-refractivity contribution is -0.300. The predicted molar refractivity (Wildman–Crippen MR) is 155 cm³/mol. The van der Waals surface area contributed by atoms with Gasteiger partial charge in [-0.15, -0.1) is 0 Å². The number of aliphatic hydroxyl groups excluding tert-OH is 5. The van der Waals surface area contributed by atoms with Gasteiger partial charge in [0.15, 0.2) is 6.29 Å². The topological polar surface area (TPSA) is 163 Å². The first-order chi connectivity index (χ1) is 20.3. The summed E-state index contributed by atoms with van der Waals surface area (Å²) in [5, 5.41) is 51.1. The standard InChI is InChI=1S/C33H54O10/c1-17(5-6-18(2)35)21-7-8-22-27-23(10-12-33(21,22)4)32(3)11-9-20(13-19(32)14-24(27)36)42-26(37)16-41-31-30(40)29(39)28(38)25(15-34)43-31/h17,19-25,27-31,34,36,38-40H,5-16H2,1-4H3/t17-,19+,20-,21-,22?,23?,24+,25?,27?,28?,29?,30?,31?,32+,33-/m1/s1. The van der Waals surface area contributed by atoms with Gasteiger partial charge in [0, 0.05) is 6.42 Å². The van der Waals surface area contributed by atoms with Crippen LogP contribution in [0.25, 0.3) is 0 Å². The average Bonchev–Trinajstić information content (AvgIpc) is 3.32. The monoisotopic (exact) mass is 610 g/mol. The average molecular weight is 611 g/mol. The van der Waals surface area contributed by atoms with Gasteiger partial charge in [-0.1, -0.05) is 20.8 Å². The Kier molecular flexibility index (Phi) is 9.99. The predicted octanol–water partition coefficient (Wildman–Crippen LogP) is 2.35. The molecular weight excluding hydrogens is 556 g/mol. The maximum Gasteiger partial charge on any atom is 0.332 e. The molecule has 5 N–H and O–H groups in total. The number of hydrogen-bond donors (Lipinski definition) is 5. The third-order valence-electron chi connectivity index (χ3n) is 12.9. The molecular formula is C33H54O10. The minimum absolute atomic E-state index is 0.0826. The summed E-state index contributed by atoms with van der Waals surface area (Å²) in [6, 6.07) is 0. The summed E-state index contributed by atoms with van der Waals surface area (Å²) in [6.45, 7) is 7.78. The summed E-state index contributed by atoms with van der Waals surface area (Å²) in [7, 11) is 0. The molecule has 4 aliphatic carbocycles. The molecule has 15 atom stereocenters. The van der Waals surface area contributed by atoms with Gasteiger partial charge in [0.1, 0.15) is 42.9 Å². The summed E-state index contributed by atoms with van der Waals surface area (Å²) in [5.74, 6) is 2.23. The van der Waals surface area contributed by atoms with E-state index >= 15 is 0 Å². The van der Waals surface area contributed by atoms with Gasteiger partial charge in [-0.2, -0.15) is 0 Å². The second-order valence-electron chi connectivity index (χ2n) is 15.1. The number of carbonyl (C=O) groups excluding carboxylic acids is 2. The van der Waals surface area contributed by atoms with E-state index < -0.39 is 49.9 Å². The number of rotatable bonds is 9. The van der Waals surface area contributed by atoms with E-state index in [1.807, 2.05) is 0 Å². The first-order valence-electron chi connectivity index (χ1n) is 16.6. The van der Waals surface area contributed by atoms with E-state index in [1.54, 1.807) is 6.92 Å². The Labute approximate surface area is 255 Å². The van der Waals surface area contributed by atoms with E-state index in [0.29, 0.717) is 42.9 Å². The molecule has 5 fully saturated rings. The normalized spacial score (nSPS) is 48.5. The van der Waals surface area contributed by atoms with Crippen molar-refractivity contribution in [1.82, 2.24) is 0 Å². The van der Waals surface area contributed by atoms with Crippen LogP contribution in [0.2, 0.25) is 0 Å². The molecule has 8 unspecified atom stereocenters. The molecule has 10 nitrogen and oxygen atoms in total. The summed E-state index contributed by atoms with van der Waals surface area (Å²) >= 11 is 0. The van der Waals surface area contributed by atoms with Crippen LogP contribution in [0.1, 0.15) is 91.9 Å². The molecule has 43 heavy (non-hydrogen) atoms. The lowest BCUT2D eigenvalue weighted by atomic mass is 9.43. The highest BCUT2D eigenvalue weighted by molar-refractivity contribution is 5.75. The van der Waals surface area contributed by atoms with Crippen LogP contribution >= 0.6 is 0 Å². The first-order valence-corrected chi connectivity index (χ1v) is 16.6. The second-order valence-corrected chi connectivity index (χ2v) is 15.1. The van der Waals surface area contributed by atoms with Crippen LogP contribution in [-0.2, 0) is 23.8 Å². The number of esters is 1. The molecule has 5 rings (SSSR count). The molecule has 0 radical (unpaired) electrons. The van der Waals surface area contributed by atoms with Crippen molar-refractivity contribution in [2.45, 2.75) is 135 Å². The van der Waals surface area contributed by atoms with E-state index in [-0.39, 0.29) is 40.7 Å². The number of fused-ring (bicyclic) bond motifs is 5. The fraction of sp³-hybridized carbons (Fsp3) is 0.939. The molecule has 4 saturated carbocycles. The molecule has 1 saturated heterocycles. The zero-order valence-corrected chi connectivity index (χ0v) is 26.3. The lowest BCUT2D eigenvalue weighted by Crippen LogP contribution is -2.59. The van der Waals surface area contributed by atoms with Crippen molar-refractivity contribution in [3.63, 3.8) is 0 Å². The Morgan fingerprint density at radius 1 is 0.930 bits per heavy atom. The third-order valence-corrected chi connectivity index (χ3v) is 12.9. The summed E-state index contributed by atoms with van der Waals surface area (Å²) < 4.78 is 16.5. The molecule has 5 aliphatic rings. The maximum absolute atomic E-state index is 12.7. The van der Waals surface area contributed by atoms with Gasteiger partial charge < -0.3 is 44.5 Å². The SMILES string of the molecule is CC(=O)CC[C@@H](C)[C@H]1CCC2C3C(CC[C@@]21C)[C@@]1(C)CC[C@@H](OC(=O)COC2OC(CO)C(O)C(O)C2O)C[C@H]1C[C@@H]3O. The van der Waals surface area contributed by atoms with Gasteiger partial charge in [0.05, 0.1) is 12.7 Å². The van der Waals surface area contributed by atoms with E-state index in [2.05, 4.69) is 20.8 Å². The molecule has 0 amide bonds. The molecule has 10 heteroatoms. The van der Waals surface area contributed by atoms with Crippen LogP contribution in [0.4, 0.5) is 0 Å². The molecule has 0 aromatic carbocycles. The number of ether oxygens (including phenoxy) is 3. The first kappa shape index (κ1) is 33.2. The van der Waals surface area contributed by atoms with Crippen molar-refractivity contribution in [2.24, 2.45) is 46.3 Å². The van der Waals surface area contributed by atoms with Crippen molar-refractivity contribution in [3.8, 4) is 0 Å². The van der Waals surface area contributed by atoms with Crippen LogP contribution < -0.4 is 0 Å². The van der Waals surface area contributed by atoms with Crippen LogP contribution in [0.5, 0.6) is 0 Å². The third kappa shape index (κ3) is 6.19. The number of aliphatic hydroxyl groups is 5. The van der Waals surface area contributed by atoms with Gasteiger partial charge in [0.25, 0.3) is 0 Å². The van der Waals surface area contributed by atoms with E-state index in [4.69, 9.17) is 14.2 Å². The zero-order valence-electron chi connectivity index (χ0n) is 26.3. The number of carbonyl (C=O) groups is 2. The smallest absolute Gasteiger partial charge is 0.332 e. The highest BCUT2D eigenvalue weighted by atomic mass is 16.7. The summed E-state index contributed by atoms with van der Waals surface area (Å²) in [4.78, 5) is 24.4. The minimum Gasteiger partial charge on any atom is -0.461 e. The Morgan fingerprint density at radius 2 is 1.63 bits per heavy atom. The number of ketones is 1. The van der Waals surface area contributed by atoms with Gasteiger partial charge >= 0.3 is 5.97 Å². The zero-order chi connectivity index (χ0) is 31.3. The van der Waals surface area contributed by atoms with Crippen molar-refractivity contribution in [2.75, 3.05) is 13.2 Å². The largest absolute Gasteiger partial charge is 0.461 e. The van der Waals surface area contributed by atoms with Crippen LogP contribution in [0, 0.1) is 46.3 Å². The van der Waals surface area contributed by atoms with Crippen molar-refractivity contribution in [3.05, 3.63) is 0 Å². The van der Waals surface area contributed by atoms with Crippen molar-refractivity contribution < 1.29 is 49.3 Å². The Morgan fingerprint density at radius 3 is 2.33 bits per heavy atom. The summed E-state index contributed by atoms with van der Waals surface area (Å²) in [6.07, 6.45) is 1.47. The van der Waals surface area contributed by atoms with Crippen molar-refractivity contribution in [1.29, 1.82) is 0 Å². The van der Waals surface area contributed by atoms with Gasteiger partial charge in [-0.3, -0.25) is 0 Å². The van der Waals surface area contributed by atoms with Gasteiger partial charge in [-0.25, -0.2) is 4.79 Å². The molecule has 0 aromatic heterocycles. The Bertz CT molecular complexity index is 1000. The van der Waals surface area contributed by atoms with Gasteiger partial charge in [0.2, 0.25) is 0 Å². The fourth-order valence-electron chi connectivity index (χ4n) is 10.5. The van der Waals surface area contributed by atoms with Crippen LogP contribution in [0.15, 0.2) is 0 Å². The number of Topliss-reactive ketones (excluding diaryl/α,β-unsaturated/α-hetero) is 1. The highest BCUT2D eigenvalue weighted by Gasteiger charge is 2.63. The van der Waals surface area contributed by atoms with E-state index in [0.717, 1.165) is 38.5 Å². The van der Waals surface area contributed by atoms with Crippen LogP contribution in [-0.4, -0.2) is 93.4 Å². The highest BCUT2D eigenvalue weighted by Crippen LogP contribution is 2.68. The van der Waals surface area contributed by atoms with E-state index in [9.17, 15) is 35.1 Å². The fourth-order valence-corrected chi connectivity index (χ4v) is 10.5. The van der Waals surface area contributed by atoms with Crippen LogP contribution in [0.3, 0.4) is 0 Å². The lowest BCUT2D eigenvalue weighted by Gasteiger charge is -2.62. The molecule has 0 bridgehead atoms. The van der Waals surface area contributed by atoms with Gasteiger partial charge in [-0.05, 0) is 111 Å². The minimum atomic E-state index is -1.58. The Balaban J connectivity index is 1.17. The summed E-state index contributed by atoms with van der Waals surface area (Å²) in [5.41, 5.74) is 0.286. The van der Waals surface area contributed by atoms with E-state index in [1.165, 1.54) is 6.42 Å². The molecule has 0 spiro atoms. The molecule has 1 heterocycles. The quantitative estimate of drug-likeness (QED) is 0.245. The molecule has 246 valence electrons. The molecule has 0 aromatic rings. The second kappa shape index (κ2) is 12.9. The Hall–Kier alpha value is -1.14. The molecule has 1 aliphatic heterocycles. The van der Waals surface area contributed by atoms with Crippen molar-refractivity contribution >= 4 is 11.8 Å². The number of hydrogen-bond acceptors (Lipinski definition) is 10.